The van der Waals surface area contributed by atoms with E-state index >= 15 is 0 Å². The SMILES string of the molecule is CC1(C)OB(C(=Cc2cnc3nc[nH]c3c2)CNC(=O)OCC2c3ccccc3-c3ccccc32)OC1(C)C. The van der Waals surface area contributed by atoms with Crippen LogP contribution in [0.25, 0.3) is 28.4 Å². The molecule has 4 aromatic rings. The summed E-state index contributed by atoms with van der Waals surface area (Å²) in [5, 5.41) is 2.91. The smallest absolute Gasteiger partial charge is 0.449 e. The normalized spacial score (nSPS) is 17.7. The van der Waals surface area contributed by atoms with Crippen molar-refractivity contribution >= 4 is 30.5 Å². The first kappa shape index (κ1) is 25.3. The predicted molar refractivity (Wildman–Crippen MR) is 151 cm³/mol. The molecule has 0 saturated carbocycles. The molecule has 0 atom stereocenters. The van der Waals surface area contributed by atoms with Crippen molar-refractivity contribution < 1.29 is 18.8 Å². The van der Waals surface area contributed by atoms with E-state index in [-0.39, 0.29) is 19.1 Å². The summed E-state index contributed by atoms with van der Waals surface area (Å²) < 4.78 is 18.3. The maximum Gasteiger partial charge on any atom is 0.492 e. The number of aromatic amines is 1. The molecule has 1 aliphatic carbocycles. The van der Waals surface area contributed by atoms with Crippen molar-refractivity contribution in [2.45, 2.75) is 44.8 Å². The van der Waals surface area contributed by atoms with Crippen LogP contribution in [-0.2, 0) is 14.0 Å². The molecule has 6 rings (SSSR count). The summed E-state index contributed by atoms with van der Waals surface area (Å²) in [7, 11) is -0.638. The van der Waals surface area contributed by atoms with Crippen LogP contribution in [0.3, 0.4) is 0 Å². The number of amides is 1. The number of carbonyl (C=O) groups excluding carboxylic acids is 1. The molecule has 0 unspecified atom stereocenters. The maximum absolute atomic E-state index is 12.9. The van der Waals surface area contributed by atoms with E-state index in [4.69, 9.17) is 14.0 Å². The van der Waals surface area contributed by atoms with E-state index in [1.54, 1.807) is 12.5 Å². The third kappa shape index (κ3) is 4.73. The summed E-state index contributed by atoms with van der Waals surface area (Å²) in [6.45, 7) is 8.44. The molecular formula is C30H31BN4O4. The molecule has 2 aromatic heterocycles. The minimum Gasteiger partial charge on any atom is -0.449 e. The second kappa shape index (κ2) is 9.66. The quantitative estimate of drug-likeness (QED) is 0.324. The van der Waals surface area contributed by atoms with Gasteiger partial charge in [-0.25, -0.2) is 14.8 Å². The summed E-state index contributed by atoms with van der Waals surface area (Å²) in [4.78, 5) is 24.6. The molecule has 1 fully saturated rings. The summed E-state index contributed by atoms with van der Waals surface area (Å²) in [5.41, 5.74) is 6.73. The van der Waals surface area contributed by atoms with Gasteiger partial charge in [-0.3, -0.25) is 0 Å². The zero-order valence-corrected chi connectivity index (χ0v) is 22.5. The number of benzene rings is 2. The number of alkyl carbamates (subject to hydrolysis) is 1. The van der Waals surface area contributed by atoms with Crippen LogP contribution in [0.2, 0.25) is 0 Å². The molecule has 2 N–H and O–H groups in total. The maximum atomic E-state index is 12.9. The van der Waals surface area contributed by atoms with E-state index in [0.717, 1.165) is 16.6 Å². The van der Waals surface area contributed by atoms with Gasteiger partial charge < -0.3 is 24.3 Å². The number of hydrogen-bond acceptors (Lipinski definition) is 6. The van der Waals surface area contributed by atoms with Crippen LogP contribution in [0, 0.1) is 0 Å². The third-order valence-electron chi connectivity index (χ3n) is 7.98. The van der Waals surface area contributed by atoms with Gasteiger partial charge in [0.15, 0.2) is 5.65 Å². The molecule has 0 bridgehead atoms. The van der Waals surface area contributed by atoms with Crippen LogP contribution in [0.15, 0.2) is 72.6 Å². The van der Waals surface area contributed by atoms with Crippen molar-refractivity contribution in [3.63, 3.8) is 0 Å². The van der Waals surface area contributed by atoms with Gasteiger partial charge in [0.1, 0.15) is 6.61 Å². The van der Waals surface area contributed by atoms with Crippen molar-refractivity contribution in [3.8, 4) is 11.1 Å². The highest BCUT2D eigenvalue weighted by molar-refractivity contribution is 6.56. The van der Waals surface area contributed by atoms with Crippen molar-refractivity contribution in [1.29, 1.82) is 0 Å². The number of aromatic nitrogens is 3. The average Bonchev–Trinajstić information content (AvgIpc) is 3.57. The predicted octanol–water partition coefficient (Wildman–Crippen LogP) is 5.51. The Morgan fingerprint density at radius 3 is 2.33 bits per heavy atom. The summed E-state index contributed by atoms with van der Waals surface area (Å²) in [6, 6.07) is 18.5. The fourth-order valence-corrected chi connectivity index (χ4v) is 5.16. The van der Waals surface area contributed by atoms with E-state index in [9.17, 15) is 4.79 Å². The number of pyridine rings is 1. The second-order valence-corrected chi connectivity index (χ2v) is 11.0. The lowest BCUT2D eigenvalue weighted by Crippen LogP contribution is -2.41. The monoisotopic (exact) mass is 522 g/mol. The van der Waals surface area contributed by atoms with Crippen molar-refractivity contribution in [3.05, 3.63) is 89.3 Å². The Kier molecular flexibility index (Phi) is 6.28. The van der Waals surface area contributed by atoms with Crippen LogP contribution >= 0.6 is 0 Å². The molecule has 0 spiro atoms. The zero-order valence-electron chi connectivity index (χ0n) is 22.5. The first-order chi connectivity index (χ1) is 18.7. The Labute approximate surface area is 227 Å². The van der Waals surface area contributed by atoms with Crippen molar-refractivity contribution in [2.75, 3.05) is 13.2 Å². The molecular weight excluding hydrogens is 491 g/mol. The molecule has 3 heterocycles. The van der Waals surface area contributed by atoms with Crippen LogP contribution in [0.1, 0.15) is 50.3 Å². The Morgan fingerprint density at radius 1 is 1.03 bits per heavy atom. The van der Waals surface area contributed by atoms with Gasteiger partial charge in [0.2, 0.25) is 0 Å². The molecule has 1 aliphatic heterocycles. The highest BCUT2D eigenvalue weighted by Gasteiger charge is 2.52. The zero-order chi connectivity index (χ0) is 27.2. The molecule has 1 saturated heterocycles. The number of carbonyl (C=O) groups is 1. The number of rotatable bonds is 6. The van der Waals surface area contributed by atoms with E-state index in [1.165, 1.54) is 22.3 Å². The Balaban J connectivity index is 1.18. The highest BCUT2D eigenvalue weighted by Crippen LogP contribution is 2.44. The van der Waals surface area contributed by atoms with Gasteiger partial charge in [-0.15, -0.1) is 0 Å². The fourth-order valence-electron chi connectivity index (χ4n) is 5.16. The van der Waals surface area contributed by atoms with Crippen molar-refractivity contribution in [2.24, 2.45) is 0 Å². The average molecular weight is 522 g/mol. The summed E-state index contributed by atoms with van der Waals surface area (Å²) in [6.07, 6.45) is 4.78. The van der Waals surface area contributed by atoms with Gasteiger partial charge >= 0.3 is 13.2 Å². The number of fused-ring (bicyclic) bond motifs is 4. The van der Waals surface area contributed by atoms with Crippen LogP contribution < -0.4 is 5.32 Å². The number of hydrogen-bond donors (Lipinski definition) is 2. The minimum atomic E-state index is -0.638. The standard InChI is InChI=1S/C30H31BN4O4/c1-29(2)30(3,4)39-31(38-29)20(13-19-14-26-27(32-15-19)35-18-34-26)16-33-28(36)37-17-25-23-11-7-5-9-21(23)22-10-6-8-12-24(22)25/h5-15,18,25H,16-17H2,1-4H3,(H,33,36)(H,32,34,35). The van der Waals surface area contributed by atoms with Gasteiger partial charge in [0, 0.05) is 18.7 Å². The Morgan fingerprint density at radius 2 is 1.67 bits per heavy atom. The summed E-state index contributed by atoms with van der Waals surface area (Å²) >= 11 is 0. The number of ether oxygens (including phenoxy) is 1. The highest BCUT2D eigenvalue weighted by atomic mass is 16.7. The Bertz CT molecular complexity index is 1520. The second-order valence-electron chi connectivity index (χ2n) is 11.0. The van der Waals surface area contributed by atoms with E-state index in [0.29, 0.717) is 5.65 Å². The molecule has 2 aromatic carbocycles. The van der Waals surface area contributed by atoms with Crippen LogP contribution in [0.5, 0.6) is 0 Å². The molecule has 1 amide bonds. The molecule has 9 heteroatoms. The minimum absolute atomic E-state index is 0.00605. The molecule has 2 aliphatic rings. The number of nitrogens with one attached hydrogen (secondary N) is 2. The largest absolute Gasteiger partial charge is 0.492 e. The van der Waals surface area contributed by atoms with E-state index in [2.05, 4.69) is 44.5 Å². The van der Waals surface area contributed by atoms with E-state index in [1.807, 2.05) is 64.1 Å². The van der Waals surface area contributed by atoms with Crippen LogP contribution in [-0.4, -0.2) is 52.5 Å². The number of nitrogens with zero attached hydrogens (tertiary/aromatic N) is 2. The fraction of sp³-hybridized carbons (Fsp3) is 0.300. The van der Waals surface area contributed by atoms with Gasteiger partial charge in [-0.2, -0.15) is 0 Å². The Hall–Kier alpha value is -3.95. The first-order valence-electron chi connectivity index (χ1n) is 13.2. The summed E-state index contributed by atoms with van der Waals surface area (Å²) in [5.74, 6) is -0.00605. The van der Waals surface area contributed by atoms with Gasteiger partial charge in [-0.1, -0.05) is 54.6 Å². The van der Waals surface area contributed by atoms with Gasteiger partial charge in [-0.05, 0) is 67.1 Å². The third-order valence-corrected chi connectivity index (χ3v) is 7.98. The molecule has 39 heavy (non-hydrogen) atoms. The van der Waals surface area contributed by atoms with E-state index < -0.39 is 24.4 Å². The molecule has 8 nitrogen and oxygen atoms in total. The number of H-pyrrole nitrogens is 1. The van der Waals surface area contributed by atoms with Gasteiger partial charge in [0.25, 0.3) is 0 Å². The molecule has 198 valence electrons. The topological polar surface area (TPSA) is 98.4 Å². The van der Waals surface area contributed by atoms with Crippen LogP contribution in [0.4, 0.5) is 4.79 Å². The lowest BCUT2D eigenvalue weighted by atomic mass is 9.77. The lowest BCUT2D eigenvalue weighted by Gasteiger charge is -2.32. The first-order valence-corrected chi connectivity index (χ1v) is 13.2. The molecule has 0 radical (unpaired) electrons. The van der Waals surface area contributed by atoms with Gasteiger partial charge in [0.05, 0.1) is 23.0 Å². The number of imidazole rings is 1. The van der Waals surface area contributed by atoms with Crippen molar-refractivity contribution in [1.82, 2.24) is 20.3 Å². The lowest BCUT2D eigenvalue weighted by molar-refractivity contribution is 0.00578.